The van der Waals surface area contributed by atoms with Crippen molar-refractivity contribution < 1.29 is 14.6 Å². The van der Waals surface area contributed by atoms with Gasteiger partial charge in [0.25, 0.3) is 5.91 Å². The van der Waals surface area contributed by atoms with Crippen molar-refractivity contribution >= 4 is 16.7 Å². The predicted octanol–water partition coefficient (Wildman–Crippen LogP) is 2.06. The molecule has 1 aliphatic rings. The van der Waals surface area contributed by atoms with Crippen LogP contribution < -0.4 is 0 Å². The van der Waals surface area contributed by atoms with Crippen molar-refractivity contribution in [3.05, 3.63) is 48.0 Å². The number of aliphatic hydroxyl groups is 1. The van der Waals surface area contributed by atoms with E-state index >= 15 is 0 Å². The Morgan fingerprint density at radius 3 is 2.81 bits per heavy atom. The van der Waals surface area contributed by atoms with Crippen LogP contribution in [-0.2, 0) is 4.74 Å². The van der Waals surface area contributed by atoms with Gasteiger partial charge in [0, 0.05) is 12.1 Å². The Labute approximate surface area is 123 Å². The van der Waals surface area contributed by atoms with E-state index < -0.39 is 0 Å². The first-order valence-corrected chi connectivity index (χ1v) is 7.21. The molecule has 110 valence electrons. The van der Waals surface area contributed by atoms with Crippen molar-refractivity contribution in [2.24, 2.45) is 0 Å². The second-order valence-electron chi connectivity index (χ2n) is 5.51. The Kier molecular flexibility index (Phi) is 3.90. The Bertz CT molecular complexity index is 655. The molecule has 1 saturated heterocycles. The molecule has 0 bridgehead atoms. The molecule has 0 spiro atoms. The van der Waals surface area contributed by atoms with Gasteiger partial charge in [0.2, 0.25) is 0 Å². The van der Waals surface area contributed by atoms with Crippen LogP contribution in [0.15, 0.2) is 42.5 Å². The van der Waals surface area contributed by atoms with E-state index in [2.05, 4.69) is 0 Å². The molecule has 1 N–H and O–H groups in total. The Hall–Kier alpha value is -1.91. The van der Waals surface area contributed by atoms with Crippen molar-refractivity contribution in [1.29, 1.82) is 0 Å². The van der Waals surface area contributed by atoms with Gasteiger partial charge >= 0.3 is 0 Å². The third-order valence-corrected chi connectivity index (χ3v) is 3.97. The first-order valence-electron chi connectivity index (χ1n) is 7.21. The van der Waals surface area contributed by atoms with Crippen molar-refractivity contribution in [3.63, 3.8) is 0 Å². The summed E-state index contributed by atoms with van der Waals surface area (Å²) in [5, 5.41) is 11.4. The number of ether oxygens (including phenoxy) is 1. The average molecular weight is 285 g/mol. The van der Waals surface area contributed by atoms with Crippen LogP contribution in [0.4, 0.5) is 0 Å². The highest BCUT2D eigenvalue weighted by molar-refractivity contribution is 5.98. The smallest absolute Gasteiger partial charge is 0.254 e. The number of morpholine rings is 1. The molecule has 21 heavy (non-hydrogen) atoms. The van der Waals surface area contributed by atoms with Crippen LogP contribution in [0.5, 0.6) is 0 Å². The van der Waals surface area contributed by atoms with E-state index in [1.165, 1.54) is 0 Å². The van der Waals surface area contributed by atoms with Gasteiger partial charge in [-0.1, -0.05) is 30.3 Å². The number of carbonyl (C=O) groups excluding carboxylic acids is 1. The highest BCUT2D eigenvalue weighted by Gasteiger charge is 2.29. The molecule has 0 aliphatic carbocycles. The van der Waals surface area contributed by atoms with Gasteiger partial charge in [-0.25, -0.2) is 0 Å². The van der Waals surface area contributed by atoms with Crippen molar-refractivity contribution in [1.82, 2.24) is 4.90 Å². The first kappa shape index (κ1) is 14.0. The summed E-state index contributed by atoms with van der Waals surface area (Å²) >= 11 is 0. The maximum atomic E-state index is 12.7. The molecular weight excluding hydrogens is 266 g/mol. The molecule has 2 aromatic rings. The van der Waals surface area contributed by atoms with Crippen molar-refractivity contribution in [2.75, 3.05) is 19.8 Å². The molecule has 0 aromatic heterocycles. The number of amides is 1. The van der Waals surface area contributed by atoms with Crippen LogP contribution in [0.1, 0.15) is 17.3 Å². The second-order valence-corrected chi connectivity index (χ2v) is 5.51. The number of aliphatic hydroxyl groups excluding tert-OH is 1. The molecule has 1 amide bonds. The summed E-state index contributed by atoms with van der Waals surface area (Å²) in [7, 11) is 0. The lowest BCUT2D eigenvalue weighted by Gasteiger charge is -2.37. The minimum Gasteiger partial charge on any atom is -0.394 e. The van der Waals surface area contributed by atoms with Gasteiger partial charge in [-0.05, 0) is 29.8 Å². The summed E-state index contributed by atoms with van der Waals surface area (Å²) in [6.45, 7) is 2.80. The lowest BCUT2D eigenvalue weighted by atomic mass is 10.0. The van der Waals surface area contributed by atoms with Gasteiger partial charge in [-0.3, -0.25) is 4.79 Å². The topological polar surface area (TPSA) is 49.8 Å². The first-order chi connectivity index (χ1) is 10.2. The number of carbonyl (C=O) groups is 1. The van der Waals surface area contributed by atoms with Crippen LogP contribution in [0.25, 0.3) is 10.8 Å². The molecule has 0 radical (unpaired) electrons. The standard InChI is InChI=1S/C17H19NO3/c1-12-11-21-16(10-19)9-18(12)17(20)15-7-6-13-4-2-3-5-14(13)8-15/h2-8,12,16,19H,9-11H2,1H3. The molecule has 2 unspecified atom stereocenters. The van der Waals surface area contributed by atoms with E-state index in [1.807, 2.05) is 49.4 Å². The van der Waals surface area contributed by atoms with E-state index in [0.717, 1.165) is 10.8 Å². The van der Waals surface area contributed by atoms with Crippen LogP contribution in [0.2, 0.25) is 0 Å². The summed E-state index contributed by atoms with van der Waals surface area (Å²) in [4.78, 5) is 14.5. The minimum atomic E-state index is -0.286. The van der Waals surface area contributed by atoms with Crippen molar-refractivity contribution in [2.45, 2.75) is 19.1 Å². The van der Waals surface area contributed by atoms with Gasteiger partial charge < -0.3 is 14.7 Å². The summed E-state index contributed by atoms with van der Waals surface area (Å²) in [6.07, 6.45) is -0.286. The molecule has 3 rings (SSSR count). The number of fused-ring (bicyclic) bond motifs is 1. The fourth-order valence-corrected chi connectivity index (χ4v) is 2.70. The number of hydrogen-bond donors (Lipinski definition) is 1. The highest BCUT2D eigenvalue weighted by atomic mass is 16.5. The minimum absolute atomic E-state index is 0.00463. The molecule has 1 fully saturated rings. The molecule has 1 heterocycles. The predicted molar refractivity (Wildman–Crippen MR) is 81.3 cm³/mol. The number of hydrogen-bond acceptors (Lipinski definition) is 3. The van der Waals surface area contributed by atoms with Gasteiger partial charge in [0.1, 0.15) is 0 Å². The zero-order valence-electron chi connectivity index (χ0n) is 12.0. The third-order valence-electron chi connectivity index (χ3n) is 3.97. The van der Waals surface area contributed by atoms with E-state index in [-0.39, 0.29) is 24.7 Å². The molecule has 4 nitrogen and oxygen atoms in total. The van der Waals surface area contributed by atoms with E-state index in [1.54, 1.807) is 4.90 Å². The van der Waals surface area contributed by atoms with E-state index in [9.17, 15) is 9.90 Å². The second kappa shape index (κ2) is 5.84. The Morgan fingerprint density at radius 1 is 1.29 bits per heavy atom. The van der Waals surface area contributed by atoms with Crippen LogP contribution in [0.3, 0.4) is 0 Å². The lowest BCUT2D eigenvalue weighted by Crippen LogP contribution is -2.52. The molecular formula is C17H19NO3. The molecule has 1 aliphatic heterocycles. The Balaban J connectivity index is 1.88. The molecule has 2 aromatic carbocycles. The van der Waals surface area contributed by atoms with Gasteiger partial charge in [0.05, 0.1) is 25.4 Å². The molecule has 0 saturated carbocycles. The summed E-state index contributed by atoms with van der Waals surface area (Å²) in [5.74, 6) is -0.00463. The average Bonchev–Trinajstić information content (AvgIpc) is 2.54. The van der Waals surface area contributed by atoms with Crippen LogP contribution in [0, 0.1) is 0 Å². The highest BCUT2D eigenvalue weighted by Crippen LogP contribution is 2.20. The fourth-order valence-electron chi connectivity index (χ4n) is 2.70. The van der Waals surface area contributed by atoms with Crippen molar-refractivity contribution in [3.8, 4) is 0 Å². The van der Waals surface area contributed by atoms with Gasteiger partial charge in [-0.15, -0.1) is 0 Å². The largest absolute Gasteiger partial charge is 0.394 e. The zero-order chi connectivity index (χ0) is 14.8. The maximum Gasteiger partial charge on any atom is 0.254 e. The van der Waals surface area contributed by atoms with Crippen LogP contribution >= 0.6 is 0 Å². The number of benzene rings is 2. The molecule has 4 heteroatoms. The summed E-state index contributed by atoms with van der Waals surface area (Å²) in [6, 6.07) is 13.8. The zero-order valence-corrected chi connectivity index (χ0v) is 12.0. The quantitative estimate of drug-likeness (QED) is 0.919. The normalized spacial score (nSPS) is 22.5. The monoisotopic (exact) mass is 285 g/mol. The third kappa shape index (κ3) is 2.77. The molecule has 2 atom stereocenters. The van der Waals surface area contributed by atoms with E-state index in [0.29, 0.717) is 18.7 Å². The van der Waals surface area contributed by atoms with Gasteiger partial charge in [0.15, 0.2) is 0 Å². The van der Waals surface area contributed by atoms with E-state index in [4.69, 9.17) is 4.74 Å². The lowest BCUT2D eigenvalue weighted by molar-refractivity contribution is -0.0667. The van der Waals surface area contributed by atoms with Crippen LogP contribution in [-0.4, -0.2) is 47.8 Å². The summed E-state index contributed by atoms with van der Waals surface area (Å²) < 4.78 is 5.48. The number of rotatable bonds is 2. The van der Waals surface area contributed by atoms with Gasteiger partial charge in [-0.2, -0.15) is 0 Å². The summed E-state index contributed by atoms with van der Waals surface area (Å²) in [5.41, 5.74) is 0.680. The number of nitrogens with zero attached hydrogens (tertiary/aromatic N) is 1. The Morgan fingerprint density at radius 2 is 2.05 bits per heavy atom. The SMILES string of the molecule is CC1COC(CO)CN1C(=O)c1ccc2ccccc2c1. The maximum absolute atomic E-state index is 12.7. The fraction of sp³-hybridized carbons (Fsp3) is 0.353.